The maximum absolute atomic E-state index is 13.1. The monoisotopic (exact) mass is 410 g/mol. The summed E-state index contributed by atoms with van der Waals surface area (Å²) in [5, 5.41) is 24.4. The van der Waals surface area contributed by atoms with Crippen LogP contribution in [0, 0.1) is 17.8 Å². The summed E-state index contributed by atoms with van der Waals surface area (Å²) in [6.45, 7) is 4.69. The van der Waals surface area contributed by atoms with Crippen molar-refractivity contribution in [3.05, 3.63) is 0 Å². The predicted molar refractivity (Wildman–Crippen MR) is 114 cm³/mol. The zero-order valence-corrected chi connectivity index (χ0v) is 18.6. The van der Waals surface area contributed by atoms with Gasteiger partial charge < -0.3 is 20.4 Å². The molecular weight excluding hydrogens is 368 g/mol. The minimum Gasteiger partial charge on any atom is -0.390 e. The predicted octanol–water partition coefficient (Wildman–Crippen LogP) is 2.86. The number of aliphatic hydroxyl groups is 2. The van der Waals surface area contributed by atoms with E-state index in [0.29, 0.717) is 24.8 Å². The molecule has 0 spiro atoms. The number of aliphatic hydroxyl groups excluding tert-OH is 2. The molecule has 0 aromatic heterocycles. The molecule has 0 heterocycles. The van der Waals surface area contributed by atoms with Crippen molar-refractivity contribution in [2.75, 3.05) is 13.6 Å². The lowest BCUT2D eigenvalue weighted by molar-refractivity contribution is -0.141. The van der Waals surface area contributed by atoms with Gasteiger partial charge in [0.1, 0.15) is 6.10 Å². The van der Waals surface area contributed by atoms with E-state index in [2.05, 4.69) is 5.32 Å². The molecule has 0 radical (unpaired) electrons. The normalized spacial score (nSPS) is 20.9. The average molecular weight is 411 g/mol. The highest BCUT2D eigenvalue weighted by atomic mass is 16.3. The molecule has 6 nitrogen and oxygen atoms in total. The topological polar surface area (TPSA) is 89.9 Å². The first-order chi connectivity index (χ1) is 13.8. The maximum Gasteiger partial charge on any atom is 0.223 e. The smallest absolute Gasteiger partial charge is 0.223 e. The molecule has 2 fully saturated rings. The second-order valence-corrected chi connectivity index (χ2v) is 9.66. The van der Waals surface area contributed by atoms with E-state index in [-0.39, 0.29) is 36.6 Å². The van der Waals surface area contributed by atoms with E-state index in [1.807, 2.05) is 18.7 Å². The molecule has 6 heteroatoms. The Morgan fingerprint density at radius 3 is 2.21 bits per heavy atom. The van der Waals surface area contributed by atoms with Gasteiger partial charge in [-0.25, -0.2) is 0 Å². The molecule has 29 heavy (non-hydrogen) atoms. The van der Waals surface area contributed by atoms with E-state index in [1.165, 1.54) is 19.3 Å². The first-order valence-electron chi connectivity index (χ1n) is 11.7. The Morgan fingerprint density at radius 2 is 1.66 bits per heavy atom. The molecule has 3 atom stereocenters. The van der Waals surface area contributed by atoms with Gasteiger partial charge in [0.25, 0.3) is 0 Å². The van der Waals surface area contributed by atoms with Crippen LogP contribution in [0.5, 0.6) is 0 Å². The third kappa shape index (κ3) is 8.25. The Morgan fingerprint density at radius 1 is 1.00 bits per heavy atom. The number of carbonyl (C=O) groups excluding carboxylic acids is 2. The minimum absolute atomic E-state index is 0.0721. The Kier molecular flexibility index (Phi) is 9.90. The molecular formula is C23H42N2O4. The summed E-state index contributed by atoms with van der Waals surface area (Å²) in [7, 11) is 1.58. The first-order valence-corrected chi connectivity index (χ1v) is 11.7. The molecule has 0 saturated heterocycles. The summed E-state index contributed by atoms with van der Waals surface area (Å²) < 4.78 is 0. The van der Waals surface area contributed by atoms with Gasteiger partial charge in [-0.05, 0) is 43.4 Å². The van der Waals surface area contributed by atoms with Gasteiger partial charge in [-0.2, -0.15) is 0 Å². The second kappa shape index (κ2) is 11.9. The Labute approximate surface area is 176 Å². The van der Waals surface area contributed by atoms with Crippen molar-refractivity contribution >= 4 is 11.8 Å². The molecule has 2 rings (SSSR count). The SMILES string of the molecule is CNC(=O)CCC(=O)N(CC1CC1)[C@@H](CC1CCCCC1)[C@@H](O)[C@@H](O)CC(C)C. The fourth-order valence-electron chi connectivity index (χ4n) is 4.58. The molecule has 0 bridgehead atoms. The zero-order valence-electron chi connectivity index (χ0n) is 18.6. The summed E-state index contributed by atoms with van der Waals surface area (Å²) in [4.78, 5) is 26.6. The molecule has 2 aliphatic rings. The maximum atomic E-state index is 13.1. The van der Waals surface area contributed by atoms with Crippen LogP contribution in [0.1, 0.15) is 84.5 Å². The van der Waals surface area contributed by atoms with Crippen molar-refractivity contribution in [2.24, 2.45) is 17.8 Å². The van der Waals surface area contributed by atoms with Gasteiger partial charge in [-0.15, -0.1) is 0 Å². The lowest BCUT2D eigenvalue weighted by Gasteiger charge is -2.40. The molecule has 2 aliphatic carbocycles. The van der Waals surface area contributed by atoms with Crippen molar-refractivity contribution in [2.45, 2.75) is 103 Å². The number of nitrogens with zero attached hydrogens (tertiary/aromatic N) is 1. The van der Waals surface area contributed by atoms with Crippen molar-refractivity contribution in [3.8, 4) is 0 Å². The molecule has 2 amide bonds. The highest BCUT2D eigenvalue weighted by Gasteiger charge is 2.38. The number of carbonyl (C=O) groups is 2. The molecule has 0 aliphatic heterocycles. The van der Waals surface area contributed by atoms with Crippen LogP contribution in [0.2, 0.25) is 0 Å². The molecule has 0 aromatic rings. The third-order valence-electron chi connectivity index (χ3n) is 6.52. The number of rotatable bonds is 12. The van der Waals surface area contributed by atoms with Crippen molar-refractivity contribution in [1.29, 1.82) is 0 Å². The highest BCUT2D eigenvalue weighted by Crippen LogP contribution is 2.35. The Bertz CT molecular complexity index is 515. The fourth-order valence-corrected chi connectivity index (χ4v) is 4.58. The fraction of sp³-hybridized carbons (Fsp3) is 0.913. The molecule has 2 saturated carbocycles. The van der Waals surface area contributed by atoms with Crippen LogP contribution in [0.4, 0.5) is 0 Å². The highest BCUT2D eigenvalue weighted by molar-refractivity contribution is 5.83. The van der Waals surface area contributed by atoms with Crippen molar-refractivity contribution in [3.63, 3.8) is 0 Å². The van der Waals surface area contributed by atoms with Crippen molar-refractivity contribution < 1.29 is 19.8 Å². The number of nitrogens with one attached hydrogen (secondary N) is 1. The van der Waals surface area contributed by atoms with Gasteiger partial charge in [0.2, 0.25) is 11.8 Å². The number of amides is 2. The molecule has 168 valence electrons. The van der Waals surface area contributed by atoms with Crippen LogP contribution in [0.15, 0.2) is 0 Å². The van der Waals surface area contributed by atoms with Gasteiger partial charge >= 0.3 is 0 Å². The summed E-state index contributed by atoms with van der Waals surface area (Å²) in [6, 6.07) is -0.371. The summed E-state index contributed by atoms with van der Waals surface area (Å²) in [5.41, 5.74) is 0. The van der Waals surface area contributed by atoms with Crippen LogP contribution in [-0.4, -0.2) is 58.8 Å². The van der Waals surface area contributed by atoms with Crippen LogP contribution in [0.25, 0.3) is 0 Å². The molecule has 0 aromatic carbocycles. The quantitative estimate of drug-likeness (QED) is 0.461. The number of hydrogen-bond acceptors (Lipinski definition) is 4. The molecule has 3 N–H and O–H groups in total. The van der Waals surface area contributed by atoms with Crippen LogP contribution >= 0.6 is 0 Å². The second-order valence-electron chi connectivity index (χ2n) is 9.66. The van der Waals surface area contributed by atoms with E-state index in [4.69, 9.17) is 0 Å². The van der Waals surface area contributed by atoms with Gasteiger partial charge in [0.05, 0.1) is 12.1 Å². The van der Waals surface area contributed by atoms with Gasteiger partial charge in [0.15, 0.2) is 0 Å². The largest absolute Gasteiger partial charge is 0.390 e. The minimum atomic E-state index is -0.943. The van der Waals surface area contributed by atoms with Crippen LogP contribution < -0.4 is 5.32 Å². The van der Waals surface area contributed by atoms with E-state index in [9.17, 15) is 19.8 Å². The van der Waals surface area contributed by atoms with E-state index in [0.717, 1.165) is 32.1 Å². The van der Waals surface area contributed by atoms with E-state index < -0.39 is 12.2 Å². The van der Waals surface area contributed by atoms with E-state index in [1.54, 1.807) is 7.05 Å². The van der Waals surface area contributed by atoms with Gasteiger partial charge in [-0.3, -0.25) is 9.59 Å². The van der Waals surface area contributed by atoms with Crippen LogP contribution in [0.3, 0.4) is 0 Å². The lowest BCUT2D eigenvalue weighted by atomic mass is 9.81. The Balaban J connectivity index is 2.16. The molecule has 0 unspecified atom stereocenters. The van der Waals surface area contributed by atoms with E-state index >= 15 is 0 Å². The standard InChI is InChI=1S/C23H42N2O4/c1-16(2)13-20(26)23(29)19(14-17-7-5-4-6-8-17)25(15-18-9-10-18)22(28)12-11-21(27)24-3/h16-20,23,26,29H,4-15H2,1-3H3,(H,24,27)/t19-,20-,23+/m0/s1. The lowest BCUT2D eigenvalue weighted by Crippen LogP contribution is -2.53. The first kappa shape index (κ1) is 24.1. The van der Waals surface area contributed by atoms with Gasteiger partial charge in [0, 0.05) is 26.4 Å². The summed E-state index contributed by atoms with van der Waals surface area (Å²) in [5.74, 6) is 1.03. The zero-order chi connectivity index (χ0) is 21.4. The van der Waals surface area contributed by atoms with Crippen LogP contribution in [-0.2, 0) is 9.59 Å². The van der Waals surface area contributed by atoms with Crippen molar-refractivity contribution in [1.82, 2.24) is 10.2 Å². The third-order valence-corrected chi connectivity index (χ3v) is 6.52. The Hall–Kier alpha value is -1.14. The average Bonchev–Trinajstić information content (AvgIpc) is 3.52. The van der Waals surface area contributed by atoms with Gasteiger partial charge in [-0.1, -0.05) is 46.0 Å². The number of hydrogen-bond donors (Lipinski definition) is 3. The summed E-state index contributed by atoms with van der Waals surface area (Å²) >= 11 is 0. The summed E-state index contributed by atoms with van der Waals surface area (Å²) in [6.07, 6.45) is 7.96.